The quantitative estimate of drug-likeness (QED) is 0.915. The minimum absolute atomic E-state index is 0.00370. The van der Waals surface area contributed by atoms with Gasteiger partial charge in [-0.25, -0.2) is 4.39 Å². The fourth-order valence-electron chi connectivity index (χ4n) is 3.51. The van der Waals surface area contributed by atoms with Crippen LogP contribution >= 0.6 is 0 Å². The molecule has 0 bridgehead atoms. The highest BCUT2D eigenvalue weighted by atomic mass is 19.1. The predicted octanol–water partition coefficient (Wildman–Crippen LogP) is 1.43. The van der Waals surface area contributed by atoms with Crippen molar-refractivity contribution in [3.8, 4) is 0 Å². The Balaban J connectivity index is 1.53. The largest absolute Gasteiger partial charge is 0.390 e. The second-order valence-corrected chi connectivity index (χ2v) is 6.27. The van der Waals surface area contributed by atoms with Crippen molar-refractivity contribution in [3.63, 3.8) is 0 Å². The van der Waals surface area contributed by atoms with Crippen molar-refractivity contribution in [1.29, 1.82) is 0 Å². The SMILES string of the molecule is O=C(CCc1ccccc1F)N1C[C@@H](O)[C@H](N2CCCC2)C1. The third kappa shape index (κ3) is 3.31. The van der Waals surface area contributed by atoms with E-state index in [9.17, 15) is 14.3 Å². The van der Waals surface area contributed by atoms with Crippen LogP contribution in [0, 0.1) is 5.82 Å². The summed E-state index contributed by atoms with van der Waals surface area (Å²) in [6.07, 6.45) is 2.58. The second kappa shape index (κ2) is 6.75. The highest BCUT2D eigenvalue weighted by Gasteiger charge is 2.38. The lowest BCUT2D eigenvalue weighted by Gasteiger charge is -2.25. The summed E-state index contributed by atoms with van der Waals surface area (Å²) in [5, 5.41) is 10.2. The molecule has 1 aromatic carbocycles. The van der Waals surface area contributed by atoms with Gasteiger partial charge in [-0.1, -0.05) is 18.2 Å². The Morgan fingerprint density at radius 1 is 1.23 bits per heavy atom. The summed E-state index contributed by atoms with van der Waals surface area (Å²) in [4.78, 5) is 16.3. The molecular weight excluding hydrogens is 283 g/mol. The van der Waals surface area contributed by atoms with E-state index in [1.54, 1.807) is 23.1 Å². The number of amides is 1. The molecule has 2 aliphatic heterocycles. The van der Waals surface area contributed by atoms with E-state index >= 15 is 0 Å². The molecule has 2 saturated heterocycles. The van der Waals surface area contributed by atoms with E-state index in [0.29, 0.717) is 31.5 Å². The van der Waals surface area contributed by atoms with E-state index in [4.69, 9.17) is 0 Å². The summed E-state index contributed by atoms with van der Waals surface area (Å²) in [5.74, 6) is -0.254. The number of β-amino-alcohol motifs (C(OH)–C–C–N with tert-alkyl or cyclic N) is 1. The van der Waals surface area contributed by atoms with Crippen LogP contribution in [0.1, 0.15) is 24.8 Å². The van der Waals surface area contributed by atoms with Gasteiger partial charge < -0.3 is 10.0 Å². The van der Waals surface area contributed by atoms with Crippen molar-refractivity contribution < 1.29 is 14.3 Å². The van der Waals surface area contributed by atoms with Crippen LogP contribution in [0.25, 0.3) is 0 Å². The second-order valence-electron chi connectivity index (χ2n) is 6.27. The van der Waals surface area contributed by atoms with Crippen molar-refractivity contribution in [1.82, 2.24) is 9.80 Å². The number of hydrogen-bond acceptors (Lipinski definition) is 3. The first-order chi connectivity index (χ1) is 10.6. The number of carbonyl (C=O) groups is 1. The molecule has 2 heterocycles. The lowest BCUT2D eigenvalue weighted by Crippen LogP contribution is -2.41. The van der Waals surface area contributed by atoms with Crippen LogP contribution in [0.5, 0.6) is 0 Å². The Kier molecular flexibility index (Phi) is 4.74. The molecule has 0 radical (unpaired) electrons. The molecule has 0 spiro atoms. The van der Waals surface area contributed by atoms with Gasteiger partial charge in [0.15, 0.2) is 0 Å². The third-order valence-electron chi connectivity index (χ3n) is 4.79. The molecule has 22 heavy (non-hydrogen) atoms. The number of carbonyl (C=O) groups excluding carboxylic acids is 1. The van der Waals surface area contributed by atoms with Crippen LogP contribution in [0.15, 0.2) is 24.3 Å². The summed E-state index contributed by atoms with van der Waals surface area (Å²) in [6.45, 7) is 3.02. The van der Waals surface area contributed by atoms with Gasteiger partial charge >= 0.3 is 0 Å². The van der Waals surface area contributed by atoms with Crippen LogP contribution in [0.2, 0.25) is 0 Å². The van der Waals surface area contributed by atoms with Gasteiger partial charge in [-0.2, -0.15) is 0 Å². The van der Waals surface area contributed by atoms with Gasteiger partial charge in [-0.3, -0.25) is 9.69 Å². The average molecular weight is 306 g/mol. The van der Waals surface area contributed by atoms with Gasteiger partial charge in [0.2, 0.25) is 5.91 Å². The fraction of sp³-hybridized carbons (Fsp3) is 0.588. The first-order valence-electron chi connectivity index (χ1n) is 8.08. The summed E-state index contributed by atoms with van der Waals surface area (Å²) >= 11 is 0. The molecule has 5 heteroatoms. The van der Waals surface area contributed by atoms with E-state index in [-0.39, 0.29) is 17.8 Å². The number of aliphatic hydroxyl groups is 1. The first kappa shape index (κ1) is 15.4. The van der Waals surface area contributed by atoms with Crippen molar-refractivity contribution in [2.45, 2.75) is 37.8 Å². The van der Waals surface area contributed by atoms with E-state index in [0.717, 1.165) is 13.1 Å². The Hall–Kier alpha value is -1.46. The normalized spacial score (nSPS) is 25.8. The number of nitrogens with zero attached hydrogens (tertiary/aromatic N) is 2. The van der Waals surface area contributed by atoms with Gasteiger partial charge in [0.05, 0.1) is 12.1 Å². The van der Waals surface area contributed by atoms with Crippen LogP contribution in [0.3, 0.4) is 0 Å². The number of benzene rings is 1. The average Bonchev–Trinajstić information content (AvgIpc) is 3.15. The zero-order valence-corrected chi connectivity index (χ0v) is 12.7. The first-order valence-corrected chi connectivity index (χ1v) is 8.08. The molecule has 1 N–H and O–H groups in total. The zero-order valence-electron chi connectivity index (χ0n) is 12.7. The van der Waals surface area contributed by atoms with E-state index in [2.05, 4.69) is 4.90 Å². The summed E-state index contributed by atoms with van der Waals surface area (Å²) in [5.41, 5.74) is 0.576. The Labute approximate surface area is 130 Å². The molecule has 2 atom stereocenters. The van der Waals surface area contributed by atoms with Gasteiger partial charge in [-0.05, 0) is 44.0 Å². The molecule has 4 nitrogen and oxygen atoms in total. The zero-order chi connectivity index (χ0) is 15.5. The number of aryl methyl sites for hydroxylation is 1. The molecule has 0 aromatic heterocycles. The summed E-state index contributed by atoms with van der Waals surface area (Å²) < 4.78 is 13.6. The predicted molar refractivity (Wildman–Crippen MR) is 81.9 cm³/mol. The van der Waals surface area contributed by atoms with E-state index in [1.165, 1.54) is 18.9 Å². The maximum atomic E-state index is 13.6. The Morgan fingerprint density at radius 2 is 1.95 bits per heavy atom. The number of rotatable bonds is 4. The molecule has 120 valence electrons. The molecule has 2 fully saturated rings. The third-order valence-corrected chi connectivity index (χ3v) is 4.79. The van der Waals surface area contributed by atoms with E-state index in [1.807, 2.05) is 0 Å². The molecule has 0 aliphatic carbocycles. The highest BCUT2D eigenvalue weighted by molar-refractivity contribution is 5.77. The maximum absolute atomic E-state index is 13.6. The van der Waals surface area contributed by atoms with E-state index < -0.39 is 6.10 Å². The van der Waals surface area contributed by atoms with Crippen LogP contribution in [0.4, 0.5) is 4.39 Å². The fourth-order valence-corrected chi connectivity index (χ4v) is 3.51. The minimum Gasteiger partial charge on any atom is -0.390 e. The van der Waals surface area contributed by atoms with Crippen molar-refractivity contribution >= 4 is 5.91 Å². The smallest absolute Gasteiger partial charge is 0.223 e. The molecule has 0 unspecified atom stereocenters. The highest BCUT2D eigenvalue weighted by Crippen LogP contribution is 2.22. The monoisotopic (exact) mass is 306 g/mol. The number of hydrogen-bond donors (Lipinski definition) is 1. The van der Waals surface area contributed by atoms with Gasteiger partial charge in [0, 0.05) is 19.5 Å². The summed E-state index contributed by atoms with van der Waals surface area (Å²) in [6, 6.07) is 6.64. The minimum atomic E-state index is -0.462. The lowest BCUT2D eigenvalue weighted by molar-refractivity contribution is -0.130. The number of halogens is 1. The van der Waals surface area contributed by atoms with Crippen molar-refractivity contribution in [3.05, 3.63) is 35.6 Å². The van der Waals surface area contributed by atoms with Crippen LogP contribution < -0.4 is 0 Å². The molecule has 2 aliphatic rings. The Bertz CT molecular complexity index is 531. The van der Waals surface area contributed by atoms with Gasteiger partial charge in [-0.15, -0.1) is 0 Å². The molecule has 3 rings (SSSR count). The number of likely N-dealkylation sites (tertiary alicyclic amines) is 2. The molecule has 1 amide bonds. The molecule has 0 saturated carbocycles. The van der Waals surface area contributed by atoms with Gasteiger partial charge in [0.25, 0.3) is 0 Å². The molecule has 1 aromatic rings. The molecular formula is C17H23FN2O2. The van der Waals surface area contributed by atoms with Crippen molar-refractivity contribution in [2.24, 2.45) is 0 Å². The maximum Gasteiger partial charge on any atom is 0.223 e. The van der Waals surface area contributed by atoms with Crippen LogP contribution in [-0.2, 0) is 11.2 Å². The Morgan fingerprint density at radius 3 is 2.68 bits per heavy atom. The summed E-state index contributed by atoms with van der Waals surface area (Å²) in [7, 11) is 0. The van der Waals surface area contributed by atoms with Crippen LogP contribution in [-0.4, -0.2) is 59.1 Å². The number of aliphatic hydroxyl groups excluding tert-OH is 1. The lowest BCUT2D eigenvalue weighted by atomic mass is 10.1. The topological polar surface area (TPSA) is 43.8 Å². The standard InChI is InChI=1S/C17H23FN2O2/c18-14-6-2-1-5-13(14)7-8-17(22)20-11-15(16(21)12-20)19-9-3-4-10-19/h1-2,5-6,15-16,21H,3-4,7-12H2/t15-,16-/m1/s1. The van der Waals surface area contributed by atoms with Crippen molar-refractivity contribution in [2.75, 3.05) is 26.2 Å². The van der Waals surface area contributed by atoms with Gasteiger partial charge in [0.1, 0.15) is 5.82 Å².